The Balaban J connectivity index is 1.66. The van der Waals surface area contributed by atoms with Gasteiger partial charge >= 0.3 is 0 Å². The molecule has 0 saturated carbocycles. The van der Waals surface area contributed by atoms with Gasteiger partial charge in [-0.15, -0.1) is 11.3 Å². The molecule has 3 aromatic rings. The minimum Gasteiger partial charge on any atom is -0.394 e. The third kappa shape index (κ3) is 5.08. The molecule has 0 spiro atoms. The molecule has 1 amide bonds. The number of aliphatic hydroxyl groups excluding tert-OH is 1. The molecule has 9 heteroatoms. The molecule has 0 fully saturated rings. The number of pyridine rings is 1. The minimum atomic E-state index is -0.408. The van der Waals surface area contributed by atoms with Gasteiger partial charge in [-0.3, -0.25) is 4.79 Å². The SMILES string of the molecule is CN(C)CC=CC(=O)N1CCc2c(sc3ncc(C#N)c(N[C@H](CO)c4ccc(Cl)cc4)c23)C1. The minimum absolute atomic E-state index is 0.00272. The first kappa shape index (κ1) is 24.2. The molecule has 2 aromatic heterocycles. The highest BCUT2D eigenvalue weighted by Gasteiger charge is 2.27. The lowest BCUT2D eigenvalue weighted by molar-refractivity contribution is -0.126. The summed E-state index contributed by atoms with van der Waals surface area (Å²) in [6, 6.07) is 9.10. The van der Waals surface area contributed by atoms with E-state index in [1.165, 1.54) is 0 Å². The summed E-state index contributed by atoms with van der Waals surface area (Å²) in [7, 11) is 3.92. The van der Waals surface area contributed by atoms with Crippen molar-refractivity contribution in [1.82, 2.24) is 14.8 Å². The van der Waals surface area contributed by atoms with Crippen LogP contribution in [0.1, 0.15) is 27.6 Å². The molecule has 0 aliphatic carbocycles. The number of rotatable bonds is 7. The van der Waals surface area contributed by atoms with Gasteiger partial charge in [-0.25, -0.2) is 4.98 Å². The number of fused-ring (bicyclic) bond motifs is 3. The fraction of sp³-hybridized carbons (Fsp3) is 0.320. The first-order valence-corrected chi connectivity index (χ1v) is 12.2. The van der Waals surface area contributed by atoms with Crippen LogP contribution in [0.5, 0.6) is 0 Å². The smallest absolute Gasteiger partial charge is 0.246 e. The Kier molecular flexibility index (Phi) is 7.49. The summed E-state index contributed by atoms with van der Waals surface area (Å²) in [5.74, 6) is -0.00272. The number of anilines is 1. The van der Waals surface area contributed by atoms with Gasteiger partial charge in [0.15, 0.2) is 0 Å². The zero-order chi connectivity index (χ0) is 24.2. The third-order valence-corrected chi connectivity index (χ3v) is 7.18. The highest BCUT2D eigenvalue weighted by atomic mass is 35.5. The van der Waals surface area contributed by atoms with E-state index in [0.717, 1.165) is 26.2 Å². The normalized spacial score (nSPS) is 14.4. The van der Waals surface area contributed by atoms with Gasteiger partial charge in [-0.1, -0.05) is 29.8 Å². The van der Waals surface area contributed by atoms with Gasteiger partial charge in [0.25, 0.3) is 0 Å². The number of benzene rings is 1. The second-order valence-corrected chi connectivity index (χ2v) is 9.97. The van der Waals surface area contributed by atoms with Crippen molar-refractivity contribution >= 4 is 44.7 Å². The molecule has 0 bridgehead atoms. The lowest BCUT2D eigenvalue weighted by atomic mass is 10.0. The van der Waals surface area contributed by atoms with Crippen LogP contribution in [-0.2, 0) is 17.8 Å². The largest absolute Gasteiger partial charge is 0.394 e. The summed E-state index contributed by atoms with van der Waals surface area (Å²) in [5.41, 5.74) is 3.07. The van der Waals surface area contributed by atoms with Crippen molar-refractivity contribution in [3.63, 3.8) is 0 Å². The Bertz CT molecular complexity index is 1260. The molecule has 4 rings (SSSR count). The molecule has 7 nitrogen and oxygen atoms in total. The molecule has 0 radical (unpaired) electrons. The van der Waals surface area contributed by atoms with Gasteiger partial charge in [0.1, 0.15) is 10.9 Å². The number of halogens is 1. The summed E-state index contributed by atoms with van der Waals surface area (Å²) in [6.07, 6.45) is 5.75. The number of hydrogen-bond donors (Lipinski definition) is 2. The van der Waals surface area contributed by atoms with Gasteiger partial charge in [-0.05, 0) is 43.8 Å². The molecular formula is C25H26ClN5O2S. The summed E-state index contributed by atoms with van der Waals surface area (Å²) >= 11 is 7.57. The number of nitrogens with zero attached hydrogens (tertiary/aromatic N) is 4. The topological polar surface area (TPSA) is 92.5 Å². The maximum absolute atomic E-state index is 12.7. The van der Waals surface area contributed by atoms with Crippen LogP contribution in [0.15, 0.2) is 42.6 Å². The molecular weight excluding hydrogens is 470 g/mol. The highest BCUT2D eigenvalue weighted by Crippen LogP contribution is 2.40. The molecule has 176 valence electrons. The van der Waals surface area contributed by atoms with Gasteiger partial charge in [-0.2, -0.15) is 5.26 Å². The van der Waals surface area contributed by atoms with Crippen LogP contribution in [0.4, 0.5) is 5.69 Å². The summed E-state index contributed by atoms with van der Waals surface area (Å²) in [4.78, 5) is 22.9. The second kappa shape index (κ2) is 10.5. The number of thiophene rings is 1. The van der Waals surface area contributed by atoms with Gasteiger partial charge in [0, 0.05) is 40.6 Å². The van der Waals surface area contributed by atoms with E-state index in [2.05, 4.69) is 16.4 Å². The summed E-state index contributed by atoms with van der Waals surface area (Å²) < 4.78 is 0. The molecule has 34 heavy (non-hydrogen) atoms. The third-order valence-electron chi connectivity index (χ3n) is 5.81. The zero-order valence-electron chi connectivity index (χ0n) is 19.1. The molecule has 0 unspecified atom stereocenters. The number of carbonyl (C=O) groups is 1. The standard InChI is InChI=1S/C25H26ClN5O2S/c1-30(2)10-3-4-22(33)31-11-9-19-21(14-31)34-25-23(19)24(17(12-27)13-28-25)29-20(15-32)16-5-7-18(26)8-6-16/h3-8,13,20,32H,9-11,14-15H2,1-2H3,(H,28,29)/t20-/m1/s1. The fourth-order valence-corrected chi connectivity index (χ4v) is 5.40. The van der Waals surface area contributed by atoms with Crippen molar-refractivity contribution in [1.29, 1.82) is 5.26 Å². The number of amides is 1. The van der Waals surface area contributed by atoms with Crippen molar-refractivity contribution in [2.75, 3.05) is 39.1 Å². The van der Waals surface area contributed by atoms with Gasteiger partial charge < -0.3 is 20.2 Å². The van der Waals surface area contributed by atoms with E-state index in [1.54, 1.807) is 35.7 Å². The van der Waals surface area contributed by atoms with Crippen molar-refractivity contribution < 1.29 is 9.90 Å². The Hall–Kier alpha value is -2.96. The van der Waals surface area contributed by atoms with E-state index in [1.807, 2.05) is 42.1 Å². The maximum Gasteiger partial charge on any atom is 0.246 e. The molecule has 1 aromatic carbocycles. The van der Waals surface area contributed by atoms with Crippen LogP contribution in [0.3, 0.4) is 0 Å². The maximum atomic E-state index is 12.7. The van der Waals surface area contributed by atoms with E-state index in [9.17, 15) is 15.2 Å². The van der Waals surface area contributed by atoms with Crippen LogP contribution in [-0.4, -0.2) is 59.6 Å². The summed E-state index contributed by atoms with van der Waals surface area (Å²) in [5, 5.41) is 24.8. The molecule has 1 aliphatic rings. The number of aliphatic hydroxyl groups is 1. The predicted molar refractivity (Wildman–Crippen MR) is 136 cm³/mol. The Morgan fingerprint density at radius 1 is 1.41 bits per heavy atom. The molecule has 2 N–H and O–H groups in total. The number of likely N-dealkylation sites (N-methyl/N-ethyl adjacent to an activating group) is 1. The monoisotopic (exact) mass is 495 g/mol. The first-order valence-electron chi connectivity index (χ1n) is 11.0. The molecule has 3 heterocycles. The second-order valence-electron chi connectivity index (χ2n) is 8.45. The van der Waals surface area contributed by atoms with Crippen LogP contribution in [0.2, 0.25) is 5.02 Å². The van der Waals surface area contributed by atoms with Crippen LogP contribution in [0.25, 0.3) is 10.2 Å². The van der Waals surface area contributed by atoms with Crippen LogP contribution in [0, 0.1) is 11.3 Å². The average Bonchev–Trinajstić information content (AvgIpc) is 3.21. The summed E-state index contributed by atoms with van der Waals surface area (Å²) in [6.45, 7) is 1.68. The van der Waals surface area contributed by atoms with Crippen LogP contribution < -0.4 is 5.32 Å². The lowest BCUT2D eigenvalue weighted by Crippen LogP contribution is -2.34. The van der Waals surface area contributed by atoms with Crippen molar-refractivity contribution in [2.45, 2.75) is 19.0 Å². The van der Waals surface area contributed by atoms with E-state index >= 15 is 0 Å². The van der Waals surface area contributed by atoms with Crippen LogP contribution >= 0.6 is 22.9 Å². The number of nitriles is 1. The van der Waals surface area contributed by atoms with E-state index in [-0.39, 0.29) is 12.5 Å². The molecule has 0 saturated heterocycles. The first-order chi connectivity index (χ1) is 16.4. The van der Waals surface area contributed by atoms with E-state index < -0.39 is 6.04 Å². The zero-order valence-corrected chi connectivity index (χ0v) is 20.7. The van der Waals surface area contributed by atoms with Gasteiger partial charge in [0.05, 0.1) is 30.4 Å². The Labute approximate surface area is 207 Å². The van der Waals surface area contributed by atoms with Crippen molar-refractivity contribution in [3.8, 4) is 6.07 Å². The Morgan fingerprint density at radius 3 is 2.85 bits per heavy atom. The van der Waals surface area contributed by atoms with Gasteiger partial charge in [0.2, 0.25) is 5.91 Å². The van der Waals surface area contributed by atoms with E-state index in [4.69, 9.17) is 11.6 Å². The number of nitrogens with one attached hydrogen (secondary N) is 1. The fourth-order valence-electron chi connectivity index (χ4n) is 4.06. The highest BCUT2D eigenvalue weighted by molar-refractivity contribution is 7.19. The van der Waals surface area contributed by atoms with Crippen molar-refractivity contribution in [3.05, 3.63) is 69.2 Å². The quantitative estimate of drug-likeness (QED) is 0.482. The number of carbonyl (C=O) groups excluding carboxylic acids is 1. The lowest BCUT2D eigenvalue weighted by Gasteiger charge is -2.26. The average molecular weight is 496 g/mol. The Morgan fingerprint density at radius 2 is 2.18 bits per heavy atom. The molecule has 1 aliphatic heterocycles. The number of hydrogen-bond acceptors (Lipinski definition) is 7. The van der Waals surface area contributed by atoms with Crippen molar-refractivity contribution in [2.24, 2.45) is 0 Å². The molecule has 1 atom stereocenters. The number of aromatic nitrogens is 1. The predicted octanol–water partition coefficient (Wildman–Crippen LogP) is 3.97. The van der Waals surface area contributed by atoms with E-state index in [0.29, 0.717) is 42.3 Å².